The van der Waals surface area contributed by atoms with Gasteiger partial charge in [-0.15, -0.1) is 0 Å². The highest BCUT2D eigenvalue weighted by atomic mass is 32.2. The summed E-state index contributed by atoms with van der Waals surface area (Å²) in [5, 5.41) is 0.656. The molecule has 6 heteroatoms. The Kier molecular flexibility index (Phi) is 5.50. The topological polar surface area (TPSA) is 54.8 Å². The van der Waals surface area contributed by atoms with E-state index in [2.05, 4.69) is 9.98 Å². The average Bonchev–Trinajstić information content (AvgIpc) is 2.92. The molecule has 0 saturated carbocycles. The normalized spacial score (nSPS) is 17.5. The van der Waals surface area contributed by atoms with E-state index in [4.69, 9.17) is 4.74 Å². The Morgan fingerprint density at radius 1 is 1.20 bits per heavy atom. The lowest BCUT2D eigenvalue weighted by molar-refractivity contribution is -0.122. The van der Waals surface area contributed by atoms with Crippen LogP contribution < -0.4 is 4.74 Å². The fourth-order valence-electron chi connectivity index (χ4n) is 2.37. The fourth-order valence-corrected chi connectivity index (χ4v) is 3.42. The van der Waals surface area contributed by atoms with Crippen molar-refractivity contribution in [2.45, 2.75) is 13.8 Å². The predicted octanol–water partition coefficient (Wildman–Crippen LogP) is 4.10. The number of hydrogen-bond donors (Lipinski definition) is 0. The largest absolute Gasteiger partial charge is 0.494 e. The van der Waals surface area contributed by atoms with Crippen LogP contribution in [0.2, 0.25) is 0 Å². The number of rotatable bonds is 5. The number of pyridine rings is 1. The number of ether oxygens (including phenoxy) is 1. The van der Waals surface area contributed by atoms with Crippen LogP contribution >= 0.6 is 11.8 Å². The van der Waals surface area contributed by atoms with Gasteiger partial charge in [0.2, 0.25) is 0 Å². The molecule has 1 saturated heterocycles. The van der Waals surface area contributed by atoms with Gasteiger partial charge in [0.15, 0.2) is 11.0 Å². The van der Waals surface area contributed by atoms with Gasteiger partial charge >= 0.3 is 0 Å². The van der Waals surface area contributed by atoms with Crippen LogP contribution in [0.3, 0.4) is 0 Å². The van der Waals surface area contributed by atoms with Crippen LogP contribution in [0.5, 0.6) is 5.75 Å². The Morgan fingerprint density at radius 2 is 2.00 bits per heavy atom. The second-order valence-electron chi connectivity index (χ2n) is 5.24. The van der Waals surface area contributed by atoms with E-state index in [1.165, 1.54) is 11.8 Å². The number of benzene rings is 1. The number of amides is 1. The van der Waals surface area contributed by atoms with Crippen molar-refractivity contribution in [2.75, 3.05) is 13.2 Å². The molecular weight excluding hydrogens is 334 g/mol. The summed E-state index contributed by atoms with van der Waals surface area (Å²) in [6.45, 7) is 5.09. The van der Waals surface area contributed by atoms with Crippen molar-refractivity contribution in [3.63, 3.8) is 0 Å². The molecule has 0 radical (unpaired) electrons. The van der Waals surface area contributed by atoms with Gasteiger partial charge in [-0.3, -0.25) is 9.69 Å². The molecule has 25 heavy (non-hydrogen) atoms. The lowest BCUT2D eigenvalue weighted by Gasteiger charge is -2.11. The molecule has 1 aliphatic heterocycles. The van der Waals surface area contributed by atoms with Gasteiger partial charge in [-0.25, -0.2) is 9.98 Å². The first-order chi connectivity index (χ1) is 12.2. The van der Waals surface area contributed by atoms with Gasteiger partial charge in [-0.05, 0) is 61.5 Å². The van der Waals surface area contributed by atoms with E-state index >= 15 is 0 Å². The number of nitrogens with zero attached hydrogens (tertiary/aromatic N) is 3. The first kappa shape index (κ1) is 17.2. The van der Waals surface area contributed by atoms with Crippen LogP contribution in [0.4, 0.5) is 5.82 Å². The zero-order valence-electron chi connectivity index (χ0n) is 14.2. The van der Waals surface area contributed by atoms with Gasteiger partial charge in [-0.2, -0.15) is 0 Å². The summed E-state index contributed by atoms with van der Waals surface area (Å²) in [4.78, 5) is 23.6. The molecule has 0 N–H and O–H groups in total. The monoisotopic (exact) mass is 353 g/mol. The number of carbonyl (C=O) groups excluding carboxylic acids is 1. The molecule has 5 nitrogen and oxygen atoms in total. The first-order valence-corrected chi connectivity index (χ1v) is 8.97. The number of amidine groups is 1. The van der Waals surface area contributed by atoms with Crippen molar-refractivity contribution in [3.8, 4) is 5.75 Å². The summed E-state index contributed by atoms with van der Waals surface area (Å²) in [6.07, 6.45) is 3.57. The van der Waals surface area contributed by atoms with Crippen molar-refractivity contribution >= 4 is 34.7 Å². The van der Waals surface area contributed by atoms with Gasteiger partial charge in [0.05, 0.1) is 11.5 Å². The maximum Gasteiger partial charge on any atom is 0.266 e. The number of likely N-dealkylation sites (N-methyl/N-ethyl adjacent to an activating group) is 1. The zero-order chi connectivity index (χ0) is 17.6. The molecule has 1 aliphatic rings. The van der Waals surface area contributed by atoms with Crippen LogP contribution in [-0.4, -0.2) is 34.1 Å². The first-order valence-electron chi connectivity index (χ1n) is 8.15. The number of hydrogen-bond acceptors (Lipinski definition) is 5. The summed E-state index contributed by atoms with van der Waals surface area (Å²) >= 11 is 1.37. The molecule has 0 spiro atoms. The van der Waals surface area contributed by atoms with E-state index in [1.54, 1.807) is 11.1 Å². The summed E-state index contributed by atoms with van der Waals surface area (Å²) in [6, 6.07) is 13.2. The Balaban J connectivity index is 1.85. The lowest BCUT2D eigenvalue weighted by Crippen LogP contribution is -2.28. The molecule has 0 atom stereocenters. The molecule has 1 aromatic heterocycles. The van der Waals surface area contributed by atoms with Gasteiger partial charge in [0.25, 0.3) is 5.91 Å². The number of thioether (sulfide) groups is 1. The molecule has 1 aromatic carbocycles. The lowest BCUT2D eigenvalue weighted by atomic mass is 10.2. The van der Waals surface area contributed by atoms with E-state index in [1.807, 2.05) is 62.4 Å². The van der Waals surface area contributed by atoms with Crippen LogP contribution in [0.1, 0.15) is 19.4 Å². The maximum absolute atomic E-state index is 12.6. The highest BCUT2D eigenvalue weighted by Gasteiger charge is 2.32. The quantitative estimate of drug-likeness (QED) is 0.759. The second-order valence-corrected chi connectivity index (χ2v) is 6.25. The molecular formula is C19H19N3O2S. The molecule has 1 fully saturated rings. The van der Waals surface area contributed by atoms with Crippen molar-refractivity contribution in [2.24, 2.45) is 4.99 Å². The molecule has 1 amide bonds. The Bertz CT molecular complexity index is 801. The third-order valence-corrected chi connectivity index (χ3v) is 4.56. The average molecular weight is 353 g/mol. The van der Waals surface area contributed by atoms with Gasteiger partial charge in [-0.1, -0.05) is 18.2 Å². The third kappa shape index (κ3) is 4.09. The Labute approximate surface area is 151 Å². The standard InChI is InChI=1S/C19H19N3O2S/c1-3-22-18(23)16(13-14-8-10-15(11-9-14)24-4-2)25-19(22)21-17-7-5-6-12-20-17/h5-13H,3-4H2,1-2H3/b16-13-,21-19+. The van der Waals surface area contributed by atoms with Crippen molar-refractivity contribution < 1.29 is 9.53 Å². The minimum atomic E-state index is -0.0314. The molecule has 128 valence electrons. The van der Waals surface area contributed by atoms with Crippen LogP contribution in [0, 0.1) is 0 Å². The smallest absolute Gasteiger partial charge is 0.266 e. The molecule has 2 heterocycles. The van der Waals surface area contributed by atoms with E-state index in [-0.39, 0.29) is 5.91 Å². The second kappa shape index (κ2) is 7.98. The molecule has 3 rings (SSSR count). The van der Waals surface area contributed by atoms with Crippen LogP contribution in [-0.2, 0) is 4.79 Å². The Hall–Kier alpha value is -2.60. The summed E-state index contributed by atoms with van der Waals surface area (Å²) in [5.74, 6) is 1.39. The maximum atomic E-state index is 12.6. The summed E-state index contributed by atoms with van der Waals surface area (Å²) in [7, 11) is 0. The van der Waals surface area contributed by atoms with Gasteiger partial charge in [0, 0.05) is 12.7 Å². The third-order valence-electron chi connectivity index (χ3n) is 3.55. The minimum Gasteiger partial charge on any atom is -0.494 e. The van der Waals surface area contributed by atoms with E-state index < -0.39 is 0 Å². The fraction of sp³-hybridized carbons (Fsp3) is 0.211. The molecule has 0 bridgehead atoms. The van der Waals surface area contributed by atoms with E-state index in [0.717, 1.165) is 11.3 Å². The van der Waals surface area contributed by atoms with Gasteiger partial charge in [0.1, 0.15) is 5.75 Å². The van der Waals surface area contributed by atoms with Crippen molar-refractivity contribution in [3.05, 3.63) is 59.1 Å². The number of carbonyl (C=O) groups is 1. The summed E-state index contributed by atoms with van der Waals surface area (Å²) < 4.78 is 5.44. The van der Waals surface area contributed by atoms with Crippen LogP contribution in [0.25, 0.3) is 6.08 Å². The van der Waals surface area contributed by atoms with Crippen molar-refractivity contribution in [1.29, 1.82) is 0 Å². The molecule has 0 aliphatic carbocycles. The molecule has 2 aromatic rings. The SMILES string of the molecule is CCOc1ccc(/C=C2\S/C(=N/c3ccccn3)N(CC)C2=O)cc1. The highest BCUT2D eigenvalue weighted by Crippen LogP contribution is 2.33. The minimum absolute atomic E-state index is 0.0314. The highest BCUT2D eigenvalue weighted by molar-refractivity contribution is 8.18. The van der Waals surface area contributed by atoms with E-state index in [9.17, 15) is 4.79 Å². The summed E-state index contributed by atoms with van der Waals surface area (Å²) in [5.41, 5.74) is 0.953. The van der Waals surface area contributed by atoms with E-state index in [0.29, 0.717) is 29.0 Å². The Morgan fingerprint density at radius 3 is 2.64 bits per heavy atom. The zero-order valence-corrected chi connectivity index (χ0v) is 15.0. The number of aliphatic imine (C=N–C) groups is 1. The molecule has 0 unspecified atom stereocenters. The van der Waals surface area contributed by atoms with Crippen molar-refractivity contribution in [1.82, 2.24) is 9.88 Å². The van der Waals surface area contributed by atoms with Crippen LogP contribution in [0.15, 0.2) is 58.6 Å². The number of aromatic nitrogens is 1. The predicted molar refractivity (Wildman–Crippen MR) is 102 cm³/mol. The van der Waals surface area contributed by atoms with Gasteiger partial charge < -0.3 is 4.74 Å².